The SMILES string of the molecule is Cc1ccc(-n2c(=O)[nH]c3c(C(=O)NCc4ccccc4Cl)cn(C)c3c2=O)cc1. The Morgan fingerprint density at radius 1 is 1.10 bits per heavy atom. The summed E-state index contributed by atoms with van der Waals surface area (Å²) in [6.45, 7) is 2.14. The van der Waals surface area contributed by atoms with E-state index in [4.69, 9.17) is 11.6 Å². The van der Waals surface area contributed by atoms with Gasteiger partial charge in [0.2, 0.25) is 0 Å². The molecule has 0 atom stereocenters. The summed E-state index contributed by atoms with van der Waals surface area (Å²) < 4.78 is 2.61. The zero-order valence-electron chi connectivity index (χ0n) is 16.4. The standard InChI is InChI=1S/C22H19ClN4O3/c1-13-7-9-15(10-8-13)27-21(29)19-18(25-22(27)30)16(12-26(19)2)20(28)24-11-14-5-3-4-6-17(14)23/h3-10,12H,11H2,1-2H3,(H,24,28)(H,25,30). The van der Waals surface area contributed by atoms with Crippen LogP contribution in [0.25, 0.3) is 16.7 Å². The predicted octanol–water partition coefficient (Wildman–Crippen LogP) is 2.91. The van der Waals surface area contributed by atoms with E-state index in [0.29, 0.717) is 10.7 Å². The van der Waals surface area contributed by atoms with Gasteiger partial charge >= 0.3 is 5.69 Å². The Kier molecular flexibility index (Phi) is 5.05. The molecular weight excluding hydrogens is 404 g/mol. The van der Waals surface area contributed by atoms with Crippen molar-refractivity contribution in [3.8, 4) is 5.69 Å². The third-order valence-electron chi connectivity index (χ3n) is 4.96. The number of aryl methyl sites for hydroxylation is 2. The minimum Gasteiger partial charge on any atom is -0.348 e. The van der Waals surface area contributed by atoms with Gasteiger partial charge in [-0.2, -0.15) is 0 Å². The Morgan fingerprint density at radius 3 is 2.50 bits per heavy atom. The van der Waals surface area contributed by atoms with Crippen LogP contribution in [0, 0.1) is 6.92 Å². The van der Waals surface area contributed by atoms with Gasteiger partial charge in [-0.1, -0.05) is 47.5 Å². The Labute approximate surface area is 176 Å². The first-order valence-electron chi connectivity index (χ1n) is 9.30. The molecule has 0 bridgehead atoms. The van der Waals surface area contributed by atoms with E-state index in [1.54, 1.807) is 29.8 Å². The Morgan fingerprint density at radius 2 is 1.80 bits per heavy atom. The molecule has 0 aliphatic rings. The average Bonchev–Trinajstić information content (AvgIpc) is 3.05. The number of nitrogens with one attached hydrogen (secondary N) is 2. The van der Waals surface area contributed by atoms with Crippen LogP contribution in [0.15, 0.2) is 64.3 Å². The highest BCUT2D eigenvalue weighted by atomic mass is 35.5. The molecule has 2 aromatic carbocycles. The van der Waals surface area contributed by atoms with E-state index >= 15 is 0 Å². The normalized spacial score (nSPS) is 11.0. The molecule has 0 unspecified atom stereocenters. The van der Waals surface area contributed by atoms with Crippen molar-refractivity contribution in [2.75, 3.05) is 0 Å². The second-order valence-corrected chi connectivity index (χ2v) is 7.46. The van der Waals surface area contributed by atoms with E-state index in [-0.39, 0.29) is 23.1 Å². The quantitative estimate of drug-likeness (QED) is 0.530. The van der Waals surface area contributed by atoms with Crippen LogP contribution in [0.3, 0.4) is 0 Å². The van der Waals surface area contributed by atoms with Gasteiger partial charge in [-0.05, 0) is 30.7 Å². The van der Waals surface area contributed by atoms with E-state index in [2.05, 4.69) is 10.3 Å². The van der Waals surface area contributed by atoms with E-state index in [0.717, 1.165) is 15.7 Å². The van der Waals surface area contributed by atoms with E-state index in [9.17, 15) is 14.4 Å². The molecule has 7 nitrogen and oxygen atoms in total. The van der Waals surface area contributed by atoms with Gasteiger partial charge in [0.15, 0.2) is 0 Å². The Bertz CT molecular complexity index is 1380. The molecule has 0 fully saturated rings. The lowest BCUT2D eigenvalue weighted by atomic mass is 10.2. The molecule has 0 spiro atoms. The molecule has 2 aromatic heterocycles. The lowest BCUT2D eigenvalue weighted by Gasteiger charge is -2.07. The summed E-state index contributed by atoms with van der Waals surface area (Å²) in [6.07, 6.45) is 1.53. The van der Waals surface area contributed by atoms with Crippen LogP contribution in [0.1, 0.15) is 21.5 Å². The molecule has 152 valence electrons. The van der Waals surface area contributed by atoms with Crippen LogP contribution in [-0.4, -0.2) is 20.0 Å². The highest BCUT2D eigenvalue weighted by Crippen LogP contribution is 2.17. The molecule has 0 aliphatic carbocycles. The number of aromatic nitrogens is 3. The minimum atomic E-state index is -0.609. The number of carbonyl (C=O) groups excluding carboxylic acids is 1. The van der Waals surface area contributed by atoms with Gasteiger partial charge in [0.05, 0.1) is 16.8 Å². The number of H-pyrrole nitrogens is 1. The summed E-state index contributed by atoms with van der Waals surface area (Å²) in [5.74, 6) is -0.413. The lowest BCUT2D eigenvalue weighted by molar-refractivity contribution is 0.0952. The fourth-order valence-corrected chi connectivity index (χ4v) is 3.59. The first-order chi connectivity index (χ1) is 14.4. The molecule has 0 saturated heterocycles. The summed E-state index contributed by atoms with van der Waals surface area (Å²) >= 11 is 6.13. The number of nitrogens with zero attached hydrogens (tertiary/aromatic N) is 2. The van der Waals surface area contributed by atoms with Crippen molar-refractivity contribution < 1.29 is 4.79 Å². The predicted molar refractivity (Wildman–Crippen MR) is 116 cm³/mol. The van der Waals surface area contributed by atoms with Crippen molar-refractivity contribution in [1.29, 1.82) is 0 Å². The van der Waals surface area contributed by atoms with Gasteiger partial charge in [0.25, 0.3) is 11.5 Å². The maximum absolute atomic E-state index is 13.1. The number of aromatic amines is 1. The van der Waals surface area contributed by atoms with Gasteiger partial charge in [-0.25, -0.2) is 9.36 Å². The monoisotopic (exact) mass is 422 g/mol. The number of hydrogen-bond donors (Lipinski definition) is 2. The van der Waals surface area contributed by atoms with Crippen molar-refractivity contribution in [2.24, 2.45) is 7.05 Å². The third-order valence-corrected chi connectivity index (χ3v) is 5.33. The van der Waals surface area contributed by atoms with Gasteiger partial charge in [0.1, 0.15) is 5.52 Å². The van der Waals surface area contributed by atoms with E-state index < -0.39 is 17.2 Å². The second kappa shape index (κ2) is 7.68. The molecule has 8 heteroatoms. The lowest BCUT2D eigenvalue weighted by Crippen LogP contribution is -2.34. The molecule has 4 aromatic rings. The van der Waals surface area contributed by atoms with Crippen LogP contribution in [0.4, 0.5) is 0 Å². The molecule has 30 heavy (non-hydrogen) atoms. The summed E-state index contributed by atoms with van der Waals surface area (Å²) in [6, 6.07) is 14.3. The summed E-state index contributed by atoms with van der Waals surface area (Å²) in [5.41, 5.74) is 1.78. The topological polar surface area (TPSA) is 88.9 Å². The van der Waals surface area contributed by atoms with Crippen molar-refractivity contribution in [3.05, 3.63) is 97.3 Å². The van der Waals surface area contributed by atoms with Crippen LogP contribution < -0.4 is 16.6 Å². The Balaban J connectivity index is 1.75. The van der Waals surface area contributed by atoms with E-state index in [1.807, 2.05) is 37.3 Å². The minimum absolute atomic E-state index is 0.201. The summed E-state index contributed by atoms with van der Waals surface area (Å²) in [4.78, 5) is 41.2. The van der Waals surface area contributed by atoms with Crippen LogP contribution in [0.5, 0.6) is 0 Å². The zero-order valence-corrected chi connectivity index (χ0v) is 17.2. The number of hydrogen-bond acceptors (Lipinski definition) is 3. The summed E-state index contributed by atoms with van der Waals surface area (Å²) in [5, 5.41) is 3.33. The first kappa shape index (κ1) is 19.7. The average molecular weight is 423 g/mol. The molecule has 0 saturated carbocycles. The number of rotatable bonds is 4. The van der Waals surface area contributed by atoms with Crippen LogP contribution in [-0.2, 0) is 13.6 Å². The number of fused-ring (bicyclic) bond motifs is 1. The number of carbonyl (C=O) groups is 1. The maximum atomic E-state index is 13.1. The highest BCUT2D eigenvalue weighted by Gasteiger charge is 2.20. The fraction of sp³-hybridized carbons (Fsp3) is 0.136. The number of amides is 1. The zero-order chi connectivity index (χ0) is 21.4. The maximum Gasteiger partial charge on any atom is 0.333 e. The molecule has 4 rings (SSSR count). The molecule has 0 radical (unpaired) electrons. The van der Waals surface area contributed by atoms with Gasteiger partial charge in [-0.15, -0.1) is 0 Å². The van der Waals surface area contributed by atoms with E-state index in [1.165, 1.54) is 6.20 Å². The van der Waals surface area contributed by atoms with Crippen LogP contribution >= 0.6 is 11.6 Å². The highest BCUT2D eigenvalue weighted by molar-refractivity contribution is 6.31. The van der Waals surface area contributed by atoms with Crippen molar-refractivity contribution in [3.63, 3.8) is 0 Å². The fourth-order valence-electron chi connectivity index (χ4n) is 3.38. The van der Waals surface area contributed by atoms with Crippen LogP contribution in [0.2, 0.25) is 5.02 Å². The van der Waals surface area contributed by atoms with Crippen molar-refractivity contribution >= 4 is 28.5 Å². The third kappa shape index (κ3) is 3.44. The largest absolute Gasteiger partial charge is 0.348 e. The number of benzene rings is 2. The smallest absolute Gasteiger partial charge is 0.333 e. The summed E-state index contributed by atoms with van der Waals surface area (Å²) in [7, 11) is 1.66. The Hall–Kier alpha value is -3.58. The molecule has 2 N–H and O–H groups in total. The van der Waals surface area contributed by atoms with Gasteiger partial charge in [-0.3, -0.25) is 9.59 Å². The first-order valence-corrected chi connectivity index (χ1v) is 9.67. The molecule has 1 amide bonds. The van der Waals surface area contributed by atoms with Crippen molar-refractivity contribution in [1.82, 2.24) is 19.4 Å². The second-order valence-electron chi connectivity index (χ2n) is 7.06. The number of halogens is 1. The van der Waals surface area contributed by atoms with Crippen molar-refractivity contribution in [2.45, 2.75) is 13.5 Å². The molecule has 2 heterocycles. The molecular formula is C22H19ClN4O3. The molecule has 0 aliphatic heterocycles. The van der Waals surface area contributed by atoms with Gasteiger partial charge < -0.3 is 14.9 Å². The van der Waals surface area contributed by atoms with Gasteiger partial charge in [0, 0.05) is 24.8 Å².